The third kappa shape index (κ3) is 40.5. The van der Waals surface area contributed by atoms with Crippen LogP contribution in [0.2, 0.25) is 0 Å². The summed E-state index contributed by atoms with van der Waals surface area (Å²) < 4.78 is 0. The molecule has 784 valence electrons. The van der Waals surface area contributed by atoms with Gasteiger partial charge in [0.25, 0.3) is 0 Å². The molecule has 0 amide bonds. The summed E-state index contributed by atoms with van der Waals surface area (Å²) in [4.78, 5) is 55.6. The fourth-order valence-electron chi connectivity index (χ4n) is 13.9. The van der Waals surface area contributed by atoms with Gasteiger partial charge in [-0.05, 0) is 212 Å². The van der Waals surface area contributed by atoms with Gasteiger partial charge in [0.1, 0.15) is 5.69 Å². The molecule has 22 aromatic rings. The molecule has 2 bridgehead atoms. The summed E-state index contributed by atoms with van der Waals surface area (Å²) in [5.41, 5.74) is 23.8. The van der Waals surface area contributed by atoms with Crippen molar-refractivity contribution in [2.75, 3.05) is 0 Å². The Morgan fingerprint density at radius 3 is 0.899 bits per heavy atom. The summed E-state index contributed by atoms with van der Waals surface area (Å²) >= 11 is -0.472. The Morgan fingerprint density at radius 1 is 0.342 bits per heavy atom. The number of carbonyl (C=O) groups is 1. The van der Waals surface area contributed by atoms with Gasteiger partial charge in [-0.25, -0.2) is 9.78 Å². The normalized spacial score (nSPS) is 12.0. The molecule has 0 radical (unpaired) electrons. The van der Waals surface area contributed by atoms with Gasteiger partial charge in [0.2, 0.25) is 0 Å². The van der Waals surface area contributed by atoms with E-state index in [0.717, 1.165) is 131 Å². The first-order valence-corrected chi connectivity index (χ1v) is 49.9. The van der Waals surface area contributed by atoms with Crippen LogP contribution < -0.4 is 61.2 Å². The summed E-state index contributed by atoms with van der Waals surface area (Å²) in [6.07, 6.45) is 24.5. The summed E-state index contributed by atoms with van der Waals surface area (Å²) in [5.74, 6) is 2.09. The van der Waals surface area contributed by atoms with Gasteiger partial charge >= 0.3 is 147 Å². The van der Waals surface area contributed by atoms with Crippen LogP contribution in [0.1, 0.15) is 124 Å². The topological polar surface area (TPSA) is 503 Å². The SMILES string of the molecule is CC12CCC(c3c1n[n-]c3-c1nccc3ccccc13)C2(C)C.Cc1cc(-c2ccccn2)[n-]n1.Cc1cc(-c2ccccn2)[n-]n1.Cc1cc(-c2ccccn2)[n-]n1.Cc1cc(-c2ccccn2)[n-]n1.Cc1cc(-c2ccccn2)[n-]n1.Cc1cc(C)[n-]n1.Cc1cc(C)[n-]n1.Cc1n[n-]c(-c2ccccn2)n1.Cc1n[n-]c(-c2ccccn2)n1.O=C(O)c1ccccn1.[Cl][Pt][Cl].[Pt+2].[Pt+2].[Pt+2].[Pt+2].[Pt+2].[Pt].c1cn[n-]c1.c1cn[n-]c1. The second kappa shape index (κ2) is 67.2. The molecule has 0 aliphatic heterocycles. The van der Waals surface area contributed by atoms with Gasteiger partial charge in [0.15, 0.2) is 0 Å². The van der Waals surface area contributed by atoms with Crippen molar-refractivity contribution in [2.24, 2.45) is 5.41 Å². The maximum absolute atomic E-state index is 10.1. The van der Waals surface area contributed by atoms with Crippen molar-refractivity contribution < 1.29 is 153 Å². The van der Waals surface area contributed by atoms with E-state index in [1.54, 1.807) is 106 Å². The van der Waals surface area contributed by atoms with E-state index in [9.17, 15) is 4.79 Å². The molecule has 37 nitrogen and oxygen atoms in total. The minimum Gasteiger partial charge on any atom is -0.582 e. The first kappa shape index (κ1) is 127. The van der Waals surface area contributed by atoms with E-state index in [-0.39, 0.29) is 143 Å². The van der Waals surface area contributed by atoms with Crippen LogP contribution in [0.25, 0.3) is 102 Å². The van der Waals surface area contributed by atoms with Crippen LogP contribution in [0.5, 0.6) is 0 Å². The van der Waals surface area contributed by atoms with Crippen molar-refractivity contribution in [1.82, 2.24) is 177 Å². The minimum absolute atomic E-state index is 0. The number of nitrogens with zero attached hydrogens (tertiary/aromatic N) is 35. The Morgan fingerprint density at radius 2 is 0.658 bits per heavy atom. The largest absolute Gasteiger partial charge is 2.00 e. The van der Waals surface area contributed by atoms with Gasteiger partial charge in [-0.1, -0.05) is 196 Å². The molecule has 21 aromatic heterocycles. The van der Waals surface area contributed by atoms with Gasteiger partial charge < -0.3 is 127 Å². The van der Waals surface area contributed by atoms with Crippen LogP contribution >= 0.6 is 18.8 Å². The van der Waals surface area contributed by atoms with E-state index in [1.807, 2.05) is 238 Å². The van der Waals surface area contributed by atoms with Crippen molar-refractivity contribution in [1.29, 1.82) is 0 Å². The Hall–Kier alpha value is -12.9. The number of fused-ring (bicyclic) bond motifs is 6. The van der Waals surface area contributed by atoms with E-state index in [0.29, 0.717) is 29.2 Å². The number of pyridine rings is 9. The van der Waals surface area contributed by atoms with E-state index in [1.165, 1.54) is 47.1 Å². The van der Waals surface area contributed by atoms with Gasteiger partial charge in [0, 0.05) is 186 Å². The zero-order valence-electron chi connectivity index (χ0n) is 82.4. The molecule has 1 saturated carbocycles. The molecule has 46 heteroatoms. The number of halogens is 2. The standard InChI is InChI=1S/C20H20N3.5C9H8N3.2C8H7N4.C6H5NO2.2C5H7N2.2C3H3N2.2ClH.7Pt/c1-19(2)14-8-10-20(19,3)18-15(14)17(22-23-18)16-13-7-5-4-6-12(13)9-11-21-16;5*1-7-6-9(12-11-7)8-4-2-3-5-10-8;2*1-6-10-8(12-11-6)7-4-2-3-5-9-7;8-6(9)5-3-1-2-4-7-5;2*1-4-3-5(2)7-6-4;2*1-2-4-5-3-1;;;;;;;;;/h4-7,9,11,14H,8,10H2,1-3H3;5*2-6H,1H3;2*2-5H,1H3;1-4H,(H,8,9);2*3H,1-2H3;2*1-3H;2*1H;;;;;;;/q8*-1;;4*-1;;;;6*+2/p-2. The molecule has 1 N–H and O–H groups in total. The average Bonchev–Trinajstić information content (AvgIpc) is 1.52. The number of carboxylic acids is 1. The quantitative estimate of drug-likeness (QED) is 0.140. The van der Waals surface area contributed by atoms with Gasteiger partial charge in [0.05, 0.1) is 17.1 Å². The number of aromatic nitrogens is 35. The van der Waals surface area contributed by atoms with Gasteiger partial charge in [-0.15, -0.1) is 11.4 Å². The third-order valence-electron chi connectivity index (χ3n) is 20.8. The number of carboxylic acid groups (broad SMARTS) is 1. The minimum atomic E-state index is -0.990. The summed E-state index contributed by atoms with van der Waals surface area (Å²) in [6.45, 7) is 28.1. The van der Waals surface area contributed by atoms with E-state index in [2.05, 4.69) is 228 Å². The van der Waals surface area contributed by atoms with E-state index < -0.39 is 22.5 Å². The number of aromatic carboxylic acids is 1. The second-order valence-electron chi connectivity index (χ2n) is 31.8. The fraction of sp³-hybridized carbons (Fsp3) is 0.184. The van der Waals surface area contributed by atoms with Crippen molar-refractivity contribution >= 4 is 35.6 Å². The monoisotopic (exact) mass is 3290 g/mol. The van der Waals surface area contributed by atoms with Crippen LogP contribution in [0.3, 0.4) is 0 Å². The smallest absolute Gasteiger partial charge is 0.582 e. The molecule has 2 aliphatic carbocycles. The van der Waals surface area contributed by atoms with E-state index >= 15 is 0 Å². The summed E-state index contributed by atoms with van der Waals surface area (Å²) in [7, 11) is 9.75. The predicted molar refractivity (Wildman–Crippen MR) is 538 cm³/mol. The molecule has 2 unspecified atom stereocenters. The van der Waals surface area contributed by atoms with Crippen molar-refractivity contribution in [3.8, 4) is 91.4 Å². The molecule has 0 spiro atoms. The first-order valence-electron chi connectivity index (χ1n) is 44.3. The first-order chi connectivity index (χ1) is 69.4. The Labute approximate surface area is 964 Å². The number of hydrogen-bond donors (Lipinski definition) is 1. The zero-order chi connectivity index (χ0) is 102. The van der Waals surface area contributed by atoms with Crippen molar-refractivity contribution in [2.45, 2.75) is 121 Å². The Kier molecular flexibility index (Phi) is 57.1. The number of hydrogen-bond acceptors (Lipinski definition) is 24. The van der Waals surface area contributed by atoms with Gasteiger partial charge in [-0.2, -0.15) is 12.4 Å². The summed E-state index contributed by atoms with van der Waals surface area (Å²) in [6, 6.07) is 72.2. The fourth-order valence-corrected chi connectivity index (χ4v) is 13.9. The van der Waals surface area contributed by atoms with Crippen LogP contribution in [0.4, 0.5) is 0 Å². The predicted octanol–water partition coefficient (Wildman–Crippen LogP) is 16.6. The molecule has 1 fully saturated rings. The Bertz CT molecular complexity index is 6430. The molecule has 2 aliphatic rings. The Balaban J connectivity index is 0.000000287. The molecule has 1 aromatic carbocycles. The molecule has 24 rings (SSSR count). The molecule has 21 heterocycles. The average molecular weight is 3300 g/mol. The van der Waals surface area contributed by atoms with Crippen LogP contribution in [-0.2, 0) is 148 Å². The van der Waals surface area contributed by atoms with Crippen LogP contribution in [-0.4, -0.2) is 127 Å². The van der Waals surface area contributed by atoms with Crippen molar-refractivity contribution in [3.05, 3.63) is 391 Å². The molecule has 149 heavy (non-hydrogen) atoms. The molecule has 2 atom stereocenters. The van der Waals surface area contributed by atoms with Crippen LogP contribution in [0, 0.1) is 81.6 Å². The van der Waals surface area contributed by atoms with Crippen LogP contribution in [0.15, 0.2) is 311 Å². The second-order valence-corrected chi connectivity index (χ2v) is 35.1. The van der Waals surface area contributed by atoms with E-state index in [4.69, 9.17) is 23.9 Å². The number of aryl methyl sites for hydroxylation is 11. The van der Waals surface area contributed by atoms with Crippen molar-refractivity contribution in [3.63, 3.8) is 0 Å². The number of rotatable bonds is 9. The number of benzene rings is 1. The van der Waals surface area contributed by atoms with Gasteiger partial charge in [-0.3, -0.25) is 50.1 Å². The maximum atomic E-state index is 10.1. The molecular weight excluding hydrogens is 3200 g/mol. The summed E-state index contributed by atoms with van der Waals surface area (Å²) in [5, 5.41) is 104. The maximum Gasteiger partial charge on any atom is 2.00 e. The molecular formula is C103H99Cl2N35O2Pt7-2. The molecule has 0 saturated heterocycles. The third-order valence-corrected chi connectivity index (χ3v) is 20.8. The zero-order valence-corrected chi connectivity index (χ0v) is 99.8.